The van der Waals surface area contributed by atoms with E-state index in [1.54, 1.807) is 0 Å². The Hall–Kier alpha value is -3.96. The van der Waals surface area contributed by atoms with Crippen molar-refractivity contribution in [3.8, 4) is 0 Å². The molecule has 0 amide bonds. The molecule has 4 rings (SSSR count). The lowest BCUT2D eigenvalue weighted by molar-refractivity contribution is -0.325. The first kappa shape index (κ1) is 42.5. The molecule has 0 aliphatic heterocycles. The van der Waals surface area contributed by atoms with Crippen molar-refractivity contribution >= 4 is 28.4 Å². The number of aliphatic hydroxyl groups is 1. The smallest absolute Gasteiger partial charge is 0.248 e. The van der Waals surface area contributed by atoms with Crippen LogP contribution in [0.15, 0.2) is 103 Å². The maximum absolute atomic E-state index is 13.6. The van der Waals surface area contributed by atoms with Crippen LogP contribution < -0.4 is 15.3 Å². The van der Waals surface area contributed by atoms with Crippen LogP contribution in [-0.2, 0) is 4.74 Å². The molecule has 0 atom stereocenters. The normalized spacial score (nSPS) is 13.8. The van der Waals surface area contributed by atoms with Gasteiger partial charge in [0.15, 0.2) is 5.78 Å². The van der Waals surface area contributed by atoms with E-state index in [2.05, 4.69) is 4.74 Å². The second-order valence-electron chi connectivity index (χ2n) is 7.22. The first-order valence-corrected chi connectivity index (χ1v) is 11.3. The average Bonchev–Trinajstić information content (AvgIpc) is 3.01. The minimum Gasteiger partial charge on any atom is -0.857 e. The predicted molar refractivity (Wildman–Crippen MR) is 151 cm³/mol. The summed E-state index contributed by atoms with van der Waals surface area (Å²) in [6.07, 6.45) is 5.23. The highest BCUT2D eigenvalue weighted by Gasteiger charge is 2.24. The van der Waals surface area contributed by atoms with Crippen LogP contribution in [0.1, 0.15) is 21.5 Å². The van der Waals surface area contributed by atoms with Gasteiger partial charge in [-0.15, -0.1) is 0 Å². The van der Waals surface area contributed by atoms with Crippen molar-refractivity contribution in [1.82, 2.24) is 0 Å². The number of carbonyl (C=O) groups excluding carboxylic acids is 1. The van der Waals surface area contributed by atoms with E-state index in [0.29, 0.717) is 22.3 Å². The van der Waals surface area contributed by atoms with Crippen LogP contribution in [-0.4, -0.2) is 62.0 Å². The lowest BCUT2D eigenvalue weighted by Gasteiger charge is -2.18. The molecule has 3 aromatic carbocycles. The number of rotatable bonds is 4. The summed E-state index contributed by atoms with van der Waals surface area (Å²) >= 11 is 0. The fourth-order valence-corrected chi connectivity index (χ4v) is 2.96. The van der Waals surface area contributed by atoms with Crippen LogP contribution in [0.4, 0.5) is 17.6 Å². The second kappa shape index (κ2) is 22.7. The number of halogens is 4. The van der Waals surface area contributed by atoms with Gasteiger partial charge in [-0.3, -0.25) is 4.79 Å². The third-order valence-corrected chi connectivity index (χ3v) is 4.90. The maximum atomic E-state index is 13.6. The van der Waals surface area contributed by atoms with Crippen LogP contribution in [0, 0.1) is 17.5 Å². The summed E-state index contributed by atoms with van der Waals surface area (Å²) in [6, 6.07) is 15.9. The molecule has 1 aliphatic rings. The molecule has 1 aliphatic carbocycles. The first-order chi connectivity index (χ1) is 19.2. The summed E-state index contributed by atoms with van der Waals surface area (Å²) in [5, 5.41) is 34.7. The summed E-state index contributed by atoms with van der Waals surface area (Å²) in [4.78, 5) is 11.8. The van der Waals surface area contributed by atoms with Gasteiger partial charge in [-0.05, 0) is 97.1 Å². The second-order valence-corrected chi connectivity index (χ2v) is 7.22. The highest BCUT2D eigenvalue weighted by atomic mass is 19.2. The molecule has 0 unspecified atom stereocenters. The Balaban J connectivity index is -0.000000593. The van der Waals surface area contributed by atoms with Crippen molar-refractivity contribution in [2.75, 3.05) is 28.4 Å². The Morgan fingerprint density at radius 3 is 1.21 bits per heavy atom. The van der Waals surface area contributed by atoms with Gasteiger partial charge in [0.05, 0.1) is 0 Å². The van der Waals surface area contributed by atoms with Crippen molar-refractivity contribution in [2.45, 2.75) is 5.85 Å². The SMILES string of the molecule is COC1(F)C=CC(=C(O)c2ccc(F)cc2)C=C1.C[O-].C[O-].C[O-].O=C(c1ccc(F)cc1)c1ccc(F)cc1.[B].[B]. The quantitative estimate of drug-likeness (QED) is 0.219. The standard InChI is InChI=1S/C14H12F2O2.C13H8F2O.3CH3O.2B/c1-18-14(16)8-6-11(7-9-14)13(17)10-2-4-12(15)5-3-10;14-11-5-1-9(2-6-11)13(16)10-3-7-12(15)8-4-10;3*1-2;;/h2-9,17H,1H3;1-8H;3*1H3;;/q;;3*-1;;. The van der Waals surface area contributed by atoms with E-state index < -0.39 is 17.5 Å². The van der Waals surface area contributed by atoms with Gasteiger partial charge in [0.1, 0.15) is 23.2 Å². The lowest BCUT2D eigenvalue weighted by atomic mass is 10.0. The van der Waals surface area contributed by atoms with Crippen molar-refractivity contribution < 1.29 is 47.5 Å². The van der Waals surface area contributed by atoms with E-state index in [1.807, 2.05) is 0 Å². The van der Waals surface area contributed by atoms with Gasteiger partial charge in [0.25, 0.3) is 0 Å². The van der Waals surface area contributed by atoms with Crippen molar-refractivity contribution in [3.05, 3.63) is 137 Å². The van der Waals surface area contributed by atoms with Gasteiger partial charge < -0.3 is 25.2 Å². The number of alkyl halides is 1. The molecule has 42 heavy (non-hydrogen) atoms. The molecule has 0 bridgehead atoms. The van der Waals surface area contributed by atoms with E-state index in [-0.39, 0.29) is 34.2 Å². The third kappa shape index (κ3) is 13.6. The predicted octanol–water partition coefficient (Wildman–Crippen LogP) is 2.90. The molecule has 1 N–H and O–H groups in total. The molecule has 0 heterocycles. The highest BCUT2D eigenvalue weighted by molar-refractivity contribution is 6.08. The fraction of sp³-hybridized carbons (Fsp3) is 0.167. The topological polar surface area (TPSA) is 116 Å². The van der Waals surface area contributed by atoms with E-state index in [9.17, 15) is 27.5 Å². The summed E-state index contributed by atoms with van der Waals surface area (Å²) in [7, 11) is 3.50. The van der Waals surface area contributed by atoms with E-state index >= 15 is 0 Å². The molecule has 0 saturated heterocycles. The largest absolute Gasteiger partial charge is 0.857 e. The Bertz CT molecular complexity index is 1180. The van der Waals surface area contributed by atoms with Crippen LogP contribution in [0.5, 0.6) is 0 Å². The van der Waals surface area contributed by atoms with Gasteiger partial charge in [-0.1, -0.05) is 0 Å². The zero-order valence-electron chi connectivity index (χ0n) is 23.4. The van der Waals surface area contributed by atoms with E-state index in [1.165, 1.54) is 104 Å². The molecule has 0 fully saturated rings. The third-order valence-electron chi connectivity index (χ3n) is 4.90. The minimum atomic E-state index is -1.94. The Labute approximate surface area is 247 Å². The van der Waals surface area contributed by atoms with Crippen molar-refractivity contribution in [2.24, 2.45) is 0 Å². The van der Waals surface area contributed by atoms with Crippen molar-refractivity contribution in [3.63, 3.8) is 0 Å². The number of carbonyl (C=O) groups is 1. The van der Waals surface area contributed by atoms with E-state index in [0.717, 1.165) is 21.3 Å². The number of hydrogen-bond donors (Lipinski definition) is 1. The van der Waals surface area contributed by atoms with Gasteiger partial charge >= 0.3 is 0 Å². The van der Waals surface area contributed by atoms with Gasteiger partial charge in [-0.2, -0.15) is 21.3 Å². The molecule has 222 valence electrons. The number of methoxy groups -OCH3 is 1. The van der Waals surface area contributed by atoms with Gasteiger partial charge in [0, 0.05) is 46.2 Å². The number of allylic oxidation sites excluding steroid dienone is 3. The Morgan fingerprint density at radius 1 is 0.643 bits per heavy atom. The molecular formula is C30H29B2F4O6-3. The molecule has 0 spiro atoms. The zero-order chi connectivity index (χ0) is 30.7. The van der Waals surface area contributed by atoms with Crippen molar-refractivity contribution in [1.29, 1.82) is 0 Å². The number of ether oxygens (including phenoxy) is 1. The number of aliphatic hydroxyl groups excluding tert-OH is 1. The molecule has 6 radical (unpaired) electrons. The van der Waals surface area contributed by atoms with Gasteiger partial charge in [0.2, 0.25) is 5.85 Å². The lowest BCUT2D eigenvalue weighted by Crippen LogP contribution is -2.20. The summed E-state index contributed by atoms with van der Waals surface area (Å²) in [5.41, 5.74) is 1.66. The number of ketones is 1. The summed E-state index contributed by atoms with van der Waals surface area (Å²) < 4.78 is 56.3. The van der Waals surface area contributed by atoms with E-state index in [4.69, 9.17) is 15.3 Å². The van der Waals surface area contributed by atoms with Crippen LogP contribution in [0.2, 0.25) is 0 Å². The molecule has 3 aromatic rings. The fourth-order valence-electron chi connectivity index (χ4n) is 2.96. The molecular weight excluding hydrogens is 554 g/mol. The Morgan fingerprint density at radius 2 is 0.929 bits per heavy atom. The summed E-state index contributed by atoms with van der Waals surface area (Å²) in [5.74, 6) is -3.40. The molecule has 0 aromatic heterocycles. The average molecular weight is 583 g/mol. The van der Waals surface area contributed by atoms with Crippen LogP contribution in [0.3, 0.4) is 0 Å². The maximum Gasteiger partial charge on any atom is 0.248 e. The highest BCUT2D eigenvalue weighted by Crippen LogP contribution is 2.27. The molecule has 0 saturated carbocycles. The molecule has 12 heteroatoms. The Kier molecular flexibility index (Phi) is 23.0. The minimum absolute atomic E-state index is 0. The van der Waals surface area contributed by atoms with Crippen LogP contribution in [0.25, 0.3) is 5.76 Å². The number of benzene rings is 3. The first-order valence-electron chi connectivity index (χ1n) is 11.3. The number of hydrogen-bond acceptors (Lipinski definition) is 6. The van der Waals surface area contributed by atoms with Gasteiger partial charge in [-0.25, -0.2) is 17.6 Å². The monoisotopic (exact) mass is 583 g/mol. The molecule has 6 nitrogen and oxygen atoms in total. The van der Waals surface area contributed by atoms with Crippen LogP contribution >= 0.6 is 0 Å². The summed E-state index contributed by atoms with van der Waals surface area (Å²) in [6.45, 7) is 0. The zero-order valence-corrected chi connectivity index (χ0v) is 23.4.